The summed E-state index contributed by atoms with van der Waals surface area (Å²) in [7, 11) is 0. The zero-order valence-corrected chi connectivity index (χ0v) is 7.58. The van der Waals surface area contributed by atoms with E-state index in [2.05, 4.69) is 12.2 Å². The Hall–Kier alpha value is -0.790. The molecule has 1 atom stereocenters. The van der Waals surface area contributed by atoms with Gasteiger partial charge < -0.3 is 4.74 Å². The maximum atomic E-state index is 10.7. The van der Waals surface area contributed by atoms with Crippen molar-refractivity contribution in [1.82, 2.24) is 0 Å². The molecule has 1 unspecified atom stereocenters. The number of esters is 1. The van der Waals surface area contributed by atoms with Crippen molar-refractivity contribution < 1.29 is 9.53 Å². The largest absolute Gasteiger partial charge is 0.463 e. The van der Waals surface area contributed by atoms with Crippen LogP contribution in [0, 0.1) is 0 Å². The molecular formula is C10H16O2. The Bertz CT molecular complexity index is 173. The fraction of sp³-hybridized carbons (Fsp3) is 0.700. The minimum absolute atomic E-state index is 0.149. The average molecular weight is 168 g/mol. The minimum Gasteiger partial charge on any atom is -0.463 e. The third kappa shape index (κ3) is 3.56. The highest BCUT2D eigenvalue weighted by atomic mass is 16.5. The molecule has 1 aliphatic carbocycles. The first-order valence-electron chi connectivity index (χ1n) is 4.61. The second kappa shape index (κ2) is 4.96. The van der Waals surface area contributed by atoms with Crippen LogP contribution >= 0.6 is 0 Å². The van der Waals surface area contributed by atoms with E-state index in [1.165, 1.54) is 6.92 Å². The fourth-order valence-electron chi connectivity index (χ4n) is 1.48. The standard InChI is InChI=1S/C10H16O2/c1-9(11)12-10-7-5-3-2-4-6-8-10/h2-3,10H,4-8H2,1H3/b3-2-. The van der Waals surface area contributed by atoms with Gasteiger partial charge in [-0.2, -0.15) is 0 Å². The fourth-order valence-corrected chi connectivity index (χ4v) is 1.48. The van der Waals surface area contributed by atoms with E-state index in [1.54, 1.807) is 0 Å². The molecule has 1 rings (SSSR count). The van der Waals surface area contributed by atoms with Gasteiger partial charge >= 0.3 is 5.97 Å². The Balaban J connectivity index is 2.32. The van der Waals surface area contributed by atoms with E-state index in [0.717, 1.165) is 32.1 Å². The summed E-state index contributed by atoms with van der Waals surface area (Å²) >= 11 is 0. The summed E-state index contributed by atoms with van der Waals surface area (Å²) < 4.78 is 5.15. The lowest BCUT2D eigenvalue weighted by molar-refractivity contribution is -0.147. The van der Waals surface area contributed by atoms with E-state index in [4.69, 9.17) is 4.74 Å². The highest BCUT2D eigenvalue weighted by Gasteiger charge is 2.11. The number of allylic oxidation sites excluding steroid dienone is 2. The molecule has 0 saturated carbocycles. The summed E-state index contributed by atoms with van der Waals surface area (Å²) in [4.78, 5) is 10.7. The molecule has 1 aliphatic rings. The van der Waals surface area contributed by atoms with Gasteiger partial charge in [-0.15, -0.1) is 0 Å². The summed E-state index contributed by atoms with van der Waals surface area (Å²) in [6.07, 6.45) is 9.84. The second-order valence-electron chi connectivity index (χ2n) is 3.21. The van der Waals surface area contributed by atoms with Gasteiger partial charge in [-0.05, 0) is 32.1 Å². The predicted octanol–water partition coefficient (Wildman–Crippen LogP) is 2.44. The van der Waals surface area contributed by atoms with Gasteiger partial charge in [0.2, 0.25) is 0 Å². The minimum atomic E-state index is -0.149. The molecule has 2 nitrogen and oxygen atoms in total. The van der Waals surface area contributed by atoms with E-state index in [1.807, 2.05) is 0 Å². The summed E-state index contributed by atoms with van der Waals surface area (Å²) in [6, 6.07) is 0. The molecule has 0 aromatic rings. The van der Waals surface area contributed by atoms with E-state index >= 15 is 0 Å². The van der Waals surface area contributed by atoms with Gasteiger partial charge in [-0.3, -0.25) is 4.79 Å². The number of hydrogen-bond donors (Lipinski definition) is 0. The van der Waals surface area contributed by atoms with Crippen LogP contribution in [0.3, 0.4) is 0 Å². The Morgan fingerprint density at radius 3 is 2.83 bits per heavy atom. The van der Waals surface area contributed by atoms with Crippen molar-refractivity contribution in [2.75, 3.05) is 0 Å². The van der Waals surface area contributed by atoms with Crippen LogP contribution in [0.5, 0.6) is 0 Å². The molecule has 12 heavy (non-hydrogen) atoms. The second-order valence-corrected chi connectivity index (χ2v) is 3.21. The first kappa shape index (κ1) is 9.30. The van der Waals surface area contributed by atoms with Crippen LogP contribution in [0.15, 0.2) is 12.2 Å². The van der Waals surface area contributed by atoms with Gasteiger partial charge in [0.15, 0.2) is 0 Å². The smallest absolute Gasteiger partial charge is 0.302 e. The van der Waals surface area contributed by atoms with Crippen molar-refractivity contribution in [3.05, 3.63) is 12.2 Å². The van der Waals surface area contributed by atoms with Crippen LogP contribution in [-0.2, 0) is 9.53 Å². The maximum absolute atomic E-state index is 10.7. The lowest BCUT2D eigenvalue weighted by Crippen LogP contribution is -2.16. The van der Waals surface area contributed by atoms with Gasteiger partial charge in [-0.1, -0.05) is 12.2 Å². The molecule has 0 bridgehead atoms. The summed E-state index contributed by atoms with van der Waals surface area (Å²) in [5, 5.41) is 0. The molecule has 0 fully saturated rings. The molecule has 0 spiro atoms. The molecule has 0 heterocycles. The molecule has 0 aliphatic heterocycles. The van der Waals surface area contributed by atoms with Gasteiger partial charge in [0.25, 0.3) is 0 Å². The average Bonchev–Trinajstić information content (AvgIpc) is 1.93. The molecule has 0 amide bonds. The number of rotatable bonds is 1. The van der Waals surface area contributed by atoms with Crippen molar-refractivity contribution in [1.29, 1.82) is 0 Å². The number of carbonyl (C=O) groups excluding carboxylic acids is 1. The number of carbonyl (C=O) groups is 1. The van der Waals surface area contributed by atoms with Gasteiger partial charge in [0, 0.05) is 6.92 Å². The van der Waals surface area contributed by atoms with E-state index in [0.29, 0.717) is 0 Å². The van der Waals surface area contributed by atoms with Gasteiger partial charge in [-0.25, -0.2) is 0 Å². The summed E-state index contributed by atoms with van der Waals surface area (Å²) in [5.41, 5.74) is 0. The molecule has 68 valence electrons. The molecule has 0 aromatic heterocycles. The van der Waals surface area contributed by atoms with E-state index < -0.39 is 0 Å². The SMILES string of the molecule is CC(=O)OC1CC/C=C\CCC1. The first-order chi connectivity index (χ1) is 5.79. The molecule has 0 N–H and O–H groups in total. The molecule has 0 aromatic carbocycles. The summed E-state index contributed by atoms with van der Waals surface area (Å²) in [6.45, 7) is 1.48. The predicted molar refractivity (Wildman–Crippen MR) is 47.8 cm³/mol. The Morgan fingerprint density at radius 2 is 2.08 bits per heavy atom. The van der Waals surface area contributed by atoms with Crippen molar-refractivity contribution in [2.24, 2.45) is 0 Å². The monoisotopic (exact) mass is 168 g/mol. The van der Waals surface area contributed by atoms with Crippen LogP contribution in [0.1, 0.15) is 39.0 Å². The Labute approximate surface area is 73.6 Å². The molecule has 0 saturated heterocycles. The Morgan fingerprint density at radius 1 is 1.33 bits per heavy atom. The van der Waals surface area contributed by atoms with Crippen molar-refractivity contribution in [2.45, 2.75) is 45.1 Å². The van der Waals surface area contributed by atoms with Crippen LogP contribution in [-0.4, -0.2) is 12.1 Å². The molecule has 2 heteroatoms. The van der Waals surface area contributed by atoms with Gasteiger partial charge in [0.1, 0.15) is 6.10 Å². The van der Waals surface area contributed by atoms with E-state index in [-0.39, 0.29) is 12.1 Å². The topological polar surface area (TPSA) is 26.3 Å². The highest BCUT2D eigenvalue weighted by molar-refractivity contribution is 5.66. The quantitative estimate of drug-likeness (QED) is 0.444. The van der Waals surface area contributed by atoms with Crippen LogP contribution in [0.2, 0.25) is 0 Å². The third-order valence-corrected chi connectivity index (χ3v) is 2.05. The zero-order chi connectivity index (χ0) is 8.81. The lowest BCUT2D eigenvalue weighted by Gasteiger charge is -2.16. The van der Waals surface area contributed by atoms with Gasteiger partial charge in [0.05, 0.1) is 0 Å². The summed E-state index contributed by atoms with van der Waals surface area (Å²) in [5.74, 6) is -0.149. The normalized spacial score (nSPS) is 26.9. The zero-order valence-electron chi connectivity index (χ0n) is 7.58. The molecule has 0 radical (unpaired) electrons. The lowest BCUT2D eigenvalue weighted by atomic mass is 10.0. The van der Waals surface area contributed by atoms with E-state index in [9.17, 15) is 4.79 Å². The molecular weight excluding hydrogens is 152 g/mol. The van der Waals surface area contributed by atoms with Crippen molar-refractivity contribution >= 4 is 5.97 Å². The third-order valence-electron chi connectivity index (χ3n) is 2.05. The number of hydrogen-bond acceptors (Lipinski definition) is 2. The van der Waals surface area contributed by atoms with Crippen LogP contribution < -0.4 is 0 Å². The first-order valence-corrected chi connectivity index (χ1v) is 4.61. The van der Waals surface area contributed by atoms with Crippen LogP contribution in [0.4, 0.5) is 0 Å². The van der Waals surface area contributed by atoms with Crippen molar-refractivity contribution in [3.8, 4) is 0 Å². The number of ether oxygens (including phenoxy) is 1. The Kier molecular flexibility index (Phi) is 3.85. The maximum Gasteiger partial charge on any atom is 0.302 e. The van der Waals surface area contributed by atoms with Crippen LogP contribution in [0.25, 0.3) is 0 Å². The highest BCUT2D eigenvalue weighted by Crippen LogP contribution is 2.15. The van der Waals surface area contributed by atoms with Crippen molar-refractivity contribution in [3.63, 3.8) is 0 Å².